The molecule has 1 N–H and O–H groups in total. The number of aromatic nitrogens is 1. The highest BCUT2D eigenvalue weighted by Gasteiger charge is 2.23. The monoisotopic (exact) mass is 328 g/mol. The van der Waals surface area contributed by atoms with E-state index in [1.165, 1.54) is 0 Å². The molecule has 6 nitrogen and oxygen atoms in total. The summed E-state index contributed by atoms with van der Waals surface area (Å²) in [5.41, 5.74) is 2.10. The summed E-state index contributed by atoms with van der Waals surface area (Å²) in [5.74, 6) is 0.256. The number of H-pyrrole nitrogens is 1. The number of rotatable bonds is 4. The Morgan fingerprint density at radius 3 is 2.54 bits per heavy atom. The van der Waals surface area contributed by atoms with E-state index in [1.807, 2.05) is 35.4 Å². The SMILES string of the molecule is CN(C)C(=O)CN1CCN(C(=O)Cc2c[nH]c3ccccc23)CC1. The lowest BCUT2D eigenvalue weighted by Crippen LogP contribution is -2.51. The number of piperazine rings is 1. The quantitative estimate of drug-likeness (QED) is 0.909. The number of benzene rings is 1. The van der Waals surface area contributed by atoms with Crippen LogP contribution in [0.4, 0.5) is 0 Å². The molecule has 0 spiro atoms. The highest BCUT2D eigenvalue weighted by Crippen LogP contribution is 2.19. The third-order valence-corrected chi connectivity index (χ3v) is 4.60. The molecule has 1 aromatic heterocycles. The first-order valence-corrected chi connectivity index (χ1v) is 8.30. The van der Waals surface area contributed by atoms with Crippen LogP contribution in [0.25, 0.3) is 10.9 Å². The normalized spacial score (nSPS) is 15.7. The largest absolute Gasteiger partial charge is 0.361 e. The number of hydrogen-bond donors (Lipinski definition) is 1. The minimum atomic E-state index is 0.105. The van der Waals surface area contributed by atoms with Gasteiger partial charge < -0.3 is 14.8 Å². The summed E-state index contributed by atoms with van der Waals surface area (Å²) in [4.78, 5) is 33.2. The van der Waals surface area contributed by atoms with Gasteiger partial charge in [-0.1, -0.05) is 18.2 Å². The van der Waals surface area contributed by atoms with Gasteiger partial charge in [-0.05, 0) is 11.6 Å². The number of hydrogen-bond acceptors (Lipinski definition) is 3. The van der Waals surface area contributed by atoms with Gasteiger partial charge in [-0.15, -0.1) is 0 Å². The summed E-state index contributed by atoms with van der Waals surface area (Å²) in [6, 6.07) is 8.03. The van der Waals surface area contributed by atoms with Crippen molar-refractivity contribution in [2.75, 3.05) is 46.8 Å². The number of likely N-dealkylation sites (N-methyl/N-ethyl adjacent to an activating group) is 1. The molecule has 6 heteroatoms. The molecule has 1 aromatic carbocycles. The van der Waals surface area contributed by atoms with Gasteiger partial charge in [0.15, 0.2) is 0 Å². The van der Waals surface area contributed by atoms with E-state index in [4.69, 9.17) is 0 Å². The van der Waals surface area contributed by atoms with Crippen molar-refractivity contribution < 1.29 is 9.59 Å². The van der Waals surface area contributed by atoms with Crippen LogP contribution in [0.5, 0.6) is 0 Å². The zero-order chi connectivity index (χ0) is 17.1. The highest BCUT2D eigenvalue weighted by molar-refractivity contribution is 5.89. The molecule has 2 aromatic rings. The lowest BCUT2D eigenvalue weighted by Gasteiger charge is -2.34. The second kappa shape index (κ2) is 7.05. The molecule has 0 unspecified atom stereocenters. The van der Waals surface area contributed by atoms with Crippen LogP contribution in [0, 0.1) is 0 Å². The molecule has 3 rings (SSSR count). The lowest BCUT2D eigenvalue weighted by atomic mass is 10.1. The molecule has 128 valence electrons. The number of fused-ring (bicyclic) bond motifs is 1. The van der Waals surface area contributed by atoms with Gasteiger partial charge in [-0.3, -0.25) is 14.5 Å². The molecule has 0 bridgehead atoms. The molecular formula is C18H24N4O2. The Morgan fingerprint density at radius 2 is 1.83 bits per heavy atom. The van der Waals surface area contributed by atoms with Crippen molar-refractivity contribution in [2.24, 2.45) is 0 Å². The molecule has 2 heterocycles. The molecule has 2 amide bonds. The summed E-state index contributed by atoms with van der Waals surface area (Å²) in [6.45, 7) is 3.29. The molecule has 0 aliphatic carbocycles. The first-order chi connectivity index (χ1) is 11.5. The van der Waals surface area contributed by atoms with Crippen molar-refractivity contribution in [3.63, 3.8) is 0 Å². The second-order valence-electron chi connectivity index (χ2n) is 6.48. The molecule has 24 heavy (non-hydrogen) atoms. The topological polar surface area (TPSA) is 59.7 Å². The lowest BCUT2D eigenvalue weighted by molar-refractivity contribution is -0.133. The van der Waals surface area contributed by atoms with Gasteiger partial charge in [0.05, 0.1) is 13.0 Å². The summed E-state index contributed by atoms with van der Waals surface area (Å²) < 4.78 is 0. The van der Waals surface area contributed by atoms with Crippen LogP contribution in [-0.2, 0) is 16.0 Å². The van der Waals surface area contributed by atoms with Crippen molar-refractivity contribution in [2.45, 2.75) is 6.42 Å². The Kier molecular flexibility index (Phi) is 4.85. The maximum absolute atomic E-state index is 12.6. The van der Waals surface area contributed by atoms with Gasteiger partial charge in [-0.25, -0.2) is 0 Å². The van der Waals surface area contributed by atoms with Gasteiger partial charge in [0.1, 0.15) is 0 Å². The van der Waals surface area contributed by atoms with Gasteiger partial charge in [0.25, 0.3) is 0 Å². The second-order valence-corrected chi connectivity index (χ2v) is 6.48. The fourth-order valence-corrected chi connectivity index (χ4v) is 3.04. The van der Waals surface area contributed by atoms with E-state index in [0.717, 1.165) is 29.6 Å². The number of nitrogens with zero attached hydrogens (tertiary/aromatic N) is 3. The van der Waals surface area contributed by atoms with E-state index in [0.29, 0.717) is 26.1 Å². The highest BCUT2D eigenvalue weighted by atomic mass is 16.2. The fraction of sp³-hybridized carbons (Fsp3) is 0.444. The predicted octanol–water partition coefficient (Wildman–Crippen LogP) is 0.943. The molecular weight excluding hydrogens is 304 g/mol. The Hall–Kier alpha value is -2.34. The zero-order valence-corrected chi connectivity index (χ0v) is 14.3. The fourth-order valence-electron chi connectivity index (χ4n) is 3.04. The molecule has 0 atom stereocenters. The number of para-hydroxylation sites is 1. The van der Waals surface area contributed by atoms with E-state index in [9.17, 15) is 9.59 Å². The van der Waals surface area contributed by atoms with E-state index in [-0.39, 0.29) is 11.8 Å². The Labute approximate surface area is 142 Å². The van der Waals surface area contributed by atoms with Crippen LogP contribution < -0.4 is 0 Å². The van der Waals surface area contributed by atoms with Crippen molar-refractivity contribution in [3.8, 4) is 0 Å². The number of nitrogens with one attached hydrogen (secondary N) is 1. The minimum absolute atomic E-state index is 0.105. The smallest absolute Gasteiger partial charge is 0.236 e. The molecule has 0 radical (unpaired) electrons. The maximum atomic E-state index is 12.6. The van der Waals surface area contributed by atoms with Crippen molar-refractivity contribution >= 4 is 22.7 Å². The van der Waals surface area contributed by atoms with E-state index >= 15 is 0 Å². The van der Waals surface area contributed by atoms with Crippen LogP contribution in [0.15, 0.2) is 30.5 Å². The summed E-state index contributed by atoms with van der Waals surface area (Å²) in [7, 11) is 3.53. The van der Waals surface area contributed by atoms with Crippen molar-refractivity contribution in [1.82, 2.24) is 19.7 Å². The zero-order valence-electron chi connectivity index (χ0n) is 14.3. The molecule has 1 aliphatic rings. The maximum Gasteiger partial charge on any atom is 0.236 e. The number of aromatic amines is 1. The third-order valence-electron chi connectivity index (χ3n) is 4.60. The predicted molar refractivity (Wildman–Crippen MR) is 93.7 cm³/mol. The number of amides is 2. The van der Waals surface area contributed by atoms with E-state index in [1.54, 1.807) is 19.0 Å². The summed E-state index contributed by atoms with van der Waals surface area (Å²) in [6.07, 6.45) is 2.34. The minimum Gasteiger partial charge on any atom is -0.361 e. The Morgan fingerprint density at radius 1 is 1.12 bits per heavy atom. The first kappa shape index (κ1) is 16.5. The van der Waals surface area contributed by atoms with Crippen LogP contribution in [0.1, 0.15) is 5.56 Å². The average Bonchev–Trinajstić information content (AvgIpc) is 2.98. The van der Waals surface area contributed by atoms with Gasteiger partial charge in [0.2, 0.25) is 11.8 Å². The number of carbonyl (C=O) groups excluding carboxylic acids is 2. The van der Waals surface area contributed by atoms with Crippen LogP contribution >= 0.6 is 0 Å². The van der Waals surface area contributed by atoms with Crippen LogP contribution in [0.3, 0.4) is 0 Å². The van der Waals surface area contributed by atoms with Gasteiger partial charge >= 0.3 is 0 Å². The molecule has 1 saturated heterocycles. The summed E-state index contributed by atoms with van der Waals surface area (Å²) in [5, 5.41) is 1.11. The van der Waals surface area contributed by atoms with Crippen LogP contribution in [0.2, 0.25) is 0 Å². The molecule has 1 fully saturated rings. The van der Waals surface area contributed by atoms with E-state index in [2.05, 4.69) is 9.88 Å². The van der Waals surface area contributed by atoms with Gasteiger partial charge in [-0.2, -0.15) is 0 Å². The van der Waals surface area contributed by atoms with Crippen molar-refractivity contribution in [1.29, 1.82) is 0 Å². The standard InChI is InChI=1S/C18H24N4O2/c1-20(2)18(24)13-21-7-9-22(10-8-21)17(23)11-14-12-19-16-6-4-3-5-15(14)16/h3-6,12,19H,7-11,13H2,1-2H3. The first-order valence-electron chi connectivity index (χ1n) is 8.30. The number of carbonyl (C=O) groups is 2. The Bertz CT molecular complexity index is 729. The van der Waals surface area contributed by atoms with Crippen LogP contribution in [-0.4, -0.2) is 78.3 Å². The van der Waals surface area contributed by atoms with Crippen molar-refractivity contribution in [3.05, 3.63) is 36.0 Å². The summed E-state index contributed by atoms with van der Waals surface area (Å²) >= 11 is 0. The Balaban J connectivity index is 1.55. The molecule has 0 saturated carbocycles. The average molecular weight is 328 g/mol. The van der Waals surface area contributed by atoms with E-state index < -0.39 is 0 Å². The third kappa shape index (κ3) is 3.59. The molecule has 1 aliphatic heterocycles. The van der Waals surface area contributed by atoms with Gasteiger partial charge in [0, 0.05) is 57.4 Å².